The minimum Gasteiger partial charge on any atom is -0.508 e. The molecule has 0 radical (unpaired) electrons. The van der Waals surface area contributed by atoms with Crippen molar-refractivity contribution in [3.63, 3.8) is 0 Å². The van der Waals surface area contributed by atoms with Gasteiger partial charge in [-0.25, -0.2) is 23.6 Å². The maximum Gasteiger partial charge on any atom is 0.328 e. The summed E-state index contributed by atoms with van der Waals surface area (Å²) >= 11 is 11.5. The quantitative estimate of drug-likeness (QED) is 0.0260. The van der Waals surface area contributed by atoms with E-state index in [1.54, 1.807) is 92.7 Å². The Morgan fingerprint density at radius 3 is 0.672 bits per heavy atom. The topological polar surface area (TPSA) is 298 Å². The van der Waals surface area contributed by atoms with E-state index in [1.165, 1.54) is 81.8 Å². The van der Waals surface area contributed by atoms with E-state index >= 15 is 0 Å². The second kappa shape index (κ2) is 38.9. The monoisotopic (exact) mass is 1790 g/mol. The molecule has 8 N–H and O–H groups in total. The normalized spacial score (nSPS) is 11.3. The number of carbonyl (C=O) groups is 8. The summed E-state index contributed by atoms with van der Waals surface area (Å²) in [4.78, 5) is 100. The maximum absolute atomic E-state index is 13.8. The van der Waals surface area contributed by atoms with Gasteiger partial charge in [-0.15, -0.1) is 45.3 Å². The van der Waals surface area contributed by atoms with Crippen LogP contribution in [0.4, 0.5) is 4.39 Å². The highest BCUT2D eigenvalue weighted by Crippen LogP contribution is 2.48. The summed E-state index contributed by atoms with van der Waals surface area (Å²) in [6.07, 6.45) is 10.4. The van der Waals surface area contributed by atoms with Crippen LogP contribution in [-0.4, -0.2) is 87.9 Å². The minimum atomic E-state index is -1.03. The number of rotatable bonds is 20. The smallest absolute Gasteiger partial charge is 0.328 e. The van der Waals surface area contributed by atoms with E-state index in [4.69, 9.17) is 32.0 Å². The zero-order valence-electron chi connectivity index (χ0n) is 70.6. The Labute approximate surface area is 756 Å². The predicted molar refractivity (Wildman–Crippen MR) is 514 cm³/mol. The molecule has 0 bridgehead atoms. The first kappa shape index (κ1) is 91.1. The number of phenolic OH excluding ortho intramolecular Hbond substituents is 4. The van der Waals surface area contributed by atoms with Crippen molar-refractivity contribution in [3.05, 3.63) is 373 Å². The van der Waals surface area contributed by atoms with E-state index in [-0.39, 0.29) is 51.9 Å². The van der Waals surface area contributed by atoms with Crippen molar-refractivity contribution in [2.75, 3.05) is 0 Å². The van der Waals surface area contributed by atoms with Crippen LogP contribution < -0.4 is 0 Å². The van der Waals surface area contributed by atoms with Gasteiger partial charge in [0, 0.05) is 114 Å². The fourth-order valence-electron chi connectivity index (χ4n) is 15.9. The lowest BCUT2D eigenvalue weighted by Gasteiger charge is -2.11. The third kappa shape index (κ3) is 20.5. The lowest BCUT2D eigenvalue weighted by atomic mass is 9.92. The SMILES string of the molecule is Cc1cc(C)c(C(=O)c2sc3cc(O)ccc3c2-c2ccc(/C=C/C(=O)O)cc2)c(C)c1.Cc1cc(C)c(C(=O)c2sc3cc(O)ccc3c2-c2ccc(/C=C/C(=O)O)cc2)c(C)c1.Cc1cc(Cl)cc(C)c1C(=O)c1sc2cc(O)ccc2c1-c1ccc(/C=C/C(=O)O)cc1.Cc1cc(F)cc(C)c1C(=O)c1sc2cc(O)ccc2c1-c1ccc(/C=C/C(=O)O)cc1. The number of hydrogen-bond donors (Lipinski definition) is 8. The highest BCUT2D eigenvalue weighted by molar-refractivity contribution is 7.23. The van der Waals surface area contributed by atoms with Crippen LogP contribution in [-0.2, 0) is 19.2 Å². The molecule has 0 aliphatic carbocycles. The number of halogens is 2. The molecule has 4 aromatic heterocycles. The van der Waals surface area contributed by atoms with Gasteiger partial charge in [-0.05, 0) is 280 Å². The standard InChI is InChI=1S/2C27H22O4S.C26H19ClO4S.C26H19FO4S/c2*1-15-12-16(2)24(17(3)13-15)26(31)27-25(21-10-9-20(28)14-22(21)32-27)19-7-4-18(5-8-19)6-11-23(29)30;2*1-14-11-18(27)12-15(2)23(14)25(31)26-24(20-9-8-19(28)13-21(20)32-26)17-6-3-16(4-7-17)5-10-22(29)30/h2*4-14,28H,1-3H3,(H,29,30);2*3-13,28H,1-2H3,(H,29,30)/b2*11-6+;2*10-5+. The fourth-order valence-corrected chi connectivity index (χ4v) is 21.1. The molecule has 22 heteroatoms. The number of phenols is 4. The predicted octanol–water partition coefficient (Wildman–Crippen LogP) is 26.3. The third-order valence-electron chi connectivity index (χ3n) is 21.2. The average Bonchev–Trinajstić information content (AvgIpc) is 1.64. The summed E-state index contributed by atoms with van der Waals surface area (Å²) in [6.45, 7) is 19.0. The number of aryl methyl sites for hydroxylation is 10. The van der Waals surface area contributed by atoms with Gasteiger partial charge in [0.2, 0.25) is 23.1 Å². The van der Waals surface area contributed by atoms with Crippen molar-refractivity contribution in [2.45, 2.75) is 69.2 Å². The van der Waals surface area contributed by atoms with Crippen LogP contribution in [0.25, 0.3) is 109 Å². The highest BCUT2D eigenvalue weighted by atomic mass is 35.5. The van der Waals surface area contributed by atoms with Crippen LogP contribution in [0.3, 0.4) is 0 Å². The molecule has 4 heterocycles. The number of carboxylic acid groups (broad SMARTS) is 4. The third-order valence-corrected chi connectivity index (χ3v) is 26.1. The molecule has 0 atom stereocenters. The molecule has 0 spiro atoms. The number of carbonyl (C=O) groups excluding carboxylic acids is 4. The van der Waals surface area contributed by atoms with Crippen LogP contribution in [0, 0.1) is 75.1 Å². The summed E-state index contributed by atoms with van der Waals surface area (Å²) in [7, 11) is 0. The molecular formula is C106H82ClFO16S4. The van der Waals surface area contributed by atoms with Crippen molar-refractivity contribution in [3.8, 4) is 67.5 Å². The van der Waals surface area contributed by atoms with E-state index in [2.05, 4.69) is 0 Å². The zero-order valence-corrected chi connectivity index (χ0v) is 74.7. The minimum absolute atomic E-state index is 0.0365. The number of carboxylic acids is 4. The Kier molecular flexibility index (Phi) is 27.7. The molecule has 0 unspecified atom stereocenters. The van der Waals surface area contributed by atoms with Crippen molar-refractivity contribution in [1.82, 2.24) is 0 Å². The second-order valence-corrected chi connectivity index (χ2v) is 35.5. The Morgan fingerprint density at radius 2 is 0.469 bits per heavy atom. The number of fused-ring (bicyclic) bond motifs is 4. The van der Waals surface area contributed by atoms with Crippen LogP contribution in [0.15, 0.2) is 243 Å². The Bertz CT molecular complexity index is 6360. The molecule has 16 nitrogen and oxygen atoms in total. The molecule has 0 amide bonds. The second-order valence-electron chi connectivity index (χ2n) is 30.8. The lowest BCUT2D eigenvalue weighted by Crippen LogP contribution is -2.06. The van der Waals surface area contributed by atoms with Crippen LogP contribution in [0.2, 0.25) is 5.02 Å². The molecular weight excluding hydrogens is 1710 g/mol. The Balaban J connectivity index is 0.000000146. The first-order valence-corrected chi connectivity index (χ1v) is 43.6. The van der Waals surface area contributed by atoms with Gasteiger partial charge in [0.1, 0.15) is 28.8 Å². The zero-order chi connectivity index (χ0) is 92.0. The van der Waals surface area contributed by atoms with E-state index in [9.17, 15) is 63.2 Å². The van der Waals surface area contributed by atoms with Gasteiger partial charge < -0.3 is 40.9 Å². The molecule has 16 rings (SSSR count). The molecule has 128 heavy (non-hydrogen) atoms. The van der Waals surface area contributed by atoms with Gasteiger partial charge in [0.25, 0.3) is 0 Å². The molecule has 12 aromatic carbocycles. The first-order valence-electron chi connectivity index (χ1n) is 39.9. The summed E-state index contributed by atoms with van der Waals surface area (Å²) in [5.74, 6) is -4.27. The average molecular weight is 1790 g/mol. The number of ketones is 4. The molecule has 0 aliphatic heterocycles. The van der Waals surface area contributed by atoms with Gasteiger partial charge in [0.05, 0.1) is 19.5 Å². The van der Waals surface area contributed by atoms with E-state index < -0.39 is 23.9 Å². The van der Waals surface area contributed by atoms with E-state index in [0.717, 1.165) is 170 Å². The molecule has 0 fully saturated rings. The van der Waals surface area contributed by atoms with E-state index in [1.807, 2.05) is 183 Å². The first-order chi connectivity index (χ1) is 61.0. The molecule has 640 valence electrons. The van der Waals surface area contributed by atoms with Crippen LogP contribution in [0.1, 0.15) is 139 Å². The summed E-state index contributed by atoms with van der Waals surface area (Å²) in [5.41, 5.74) is 20.7. The number of aromatic hydroxyl groups is 4. The number of benzene rings is 12. The number of thiophene rings is 4. The largest absolute Gasteiger partial charge is 0.508 e. The van der Waals surface area contributed by atoms with Crippen molar-refractivity contribution in [2.24, 2.45) is 0 Å². The van der Waals surface area contributed by atoms with Gasteiger partial charge in [-0.3, -0.25) is 19.2 Å². The number of hydrogen-bond acceptors (Lipinski definition) is 16. The summed E-state index contributed by atoms with van der Waals surface area (Å²) in [5, 5.41) is 79.3. The van der Waals surface area contributed by atoms with Crippen molar-refractivity contribution in [1.29, 1.82) is 0 Å². The van der Waals surface area contributed by atoms with Gasteiger partial charge in [-0.2, -0.15) is 0 Å². The van der Waals surface area contributed by atoms with Crippen LogP contribution in [0.5, 0.6) is 23.0 Å². The molecule has 0 aliphatic rings. The highest BCUT2D eigenvalue weighted by Gasteiger charge is 2.30. The summed E-state index contributed by atoms with van der Waals surface area (Å²) in [6, 6.07) is 64.1. The van der Waals surface area contributed by atoms with Gasteiger partial charge in [0.15, 0.2) is 0 Å². The Hall–Kier alpha value is -14.6. The Morgan fingerprint density at radius 1 is 0.273 bits per heavy atom. The van der Waals surface area contributed by atoms with Gasteiger partial charge >= 0.3 is 23.9 Å². The van der Waals surface area contributed by atoms with Crippen molar-refractivity contribution < 1.29 is 83.6 Å². The molecule has 0 saturated heterocycles. The maximum atomic E-state index is 13.8. The van der Waals surface area contributed by atoms with Crippen LogP contribution >= 0.6 is 56.9 Å². The molecule has 16 aromatic rings. The van der Waals surface area contributed by atoms with Gasteiger partial charge in [-0.1, -0.05) is 144 Å². The van der Waals surface area contributed by atoms with E-state index in [0.29, 0.717) is 63.5 Å². The molecule has 0 saturated carbocycles. The van der Waals surface area contributed by atoms with Crippen molar-refractivity contribution >= 4 is 169 Å². The lowest BCUT2D eigenvalue weighted by molar-refractivity contribution is -0.132. The summed E-state index contributed by atoms with van der Waals surface area (Å²) < 4.78 is 17.0. The number of aliphatic carboxylic acids is 4. The fraction of sp³-hybridized carbons (Fsp3) is 0.0943.